The van der Waals surface area contributed by atoms with Crippen molar-refractivity contribution in [3.63, 3.8) is 0 Å². The van der Waals surface area contributed by atoms with E-state index >= 15 is 0 Å². The van der Waals surface area contributed by atoms with Crippen molar-refractivity contribution in [3.8, 4) is 0 Å². The van der Waals surface area contributed by atoms with Crippen LogP contribution >= 0.6 is 0 Å². The molecule has 0 saturated carbocycles. The Hall–Kier alpha value is -0.630. The smallest absolute Gasteiger partial charge is 0.0529 e. The molecule has 0 N–H and O–H groups in total. The highest BCUT2D eigenvalue weighted by Gasteiger charge is 2.03. The van der Waals surface area contributed by atoms with Crippen molar-refractivity contribution in [2.75, 3.05) is 5.75 Å². The summed E-state index contributed by atoms with van der Waals surface area (Å²) in [5, 5.41) is 0. The summed E-state index contributed by atoms with van der Waals surface area (Å²) in [6.07, 6.45) is 0. The molecular weight excluding hydrogens is 168 g/mol. The van der Waals surface area contributed by atoms with Crippen LogP contribution in [0.4, 0.5) is 0 Å². The maximum atomic E-state index is 11.5. The fourth-order valence-corrected chi connectivity index (χ4v) is 2.16. The molecule has 0 amide bonds. The summed E-state index contributed by atoms with van der Waals surface area (Å²) in [7, 11) is -0.810. The molecule has 0 radical (unpaired) electrons. The molecule has 0 spiro atoms. The zero-order valence-corrected chi connectivity index (χ0v) is 8.57. The third kappa shape index (κ3) is 1.95. The van der Waals surface area contributed by atoms with E-state index in [-0.39, 0.29) is 0 Å². The van der Waals surface area contributed by atoms with Crippen molar-refractivity contribution in [2.45, 2.75) is 25.7 Å². The predicted octanol–water partition coefficient (Wildman–Crippen LogP) is 2.43. The molecule has 1 aromatic carbocycles. The van der Waals surface area contributed by atoms with Gasteiger partial charge in [0.25, 0.3) is 0 Å². The number of hydrogen-bond acceptors (Lipinski definition) is 1. The van der Waals surface area contributed by atoms with Gasteiger partial charge in [0.2, 0.25) is 0 Å². The van der Waals surface area contributed by atoms with Crippen LogP contribution in [-0.4, -0.2) is 9.96 Å². The Labute approximate surface area is 76.3 Å². The highest BCUT2D eigenvalue weighted by molar-refractivity contribution is 7.85. The molecule has 0 saturated heterocycles. The lowest BCUT2D eigenvalue weighted by Gasteiger charge is -2.04. The number of hydrogen-bond donors (Lipinski definition) is 0. The summed E-state index contributed by atoms with van der Waals surface area (Å²) in [5.41, 5.74) is 2.36. The van der Waals surface area contributed by atoms with E-state index in [1.165, 1.54) is 5.56 Å². The van der Waals surface area contributed by atoms with Gasteiger partial charge >= 0.3 is 0 Å². The highest BCUT2D eigenvalue weighted by atomic mass is 32.2. The van der Waals surface area contributed by atoms with E-state index in [0.29, 0.717) is 5.75 Å². The maximum Gasteiger partial charge on any atom is 0.0529 e. The van der Waals surface area contributed by atoms with Crippen molar-refractivity contribution in [3.05, 3.63) is 29.3 Å². The normalized spacial score (nSPS) is 12.9. The first-order chi connectivity index (χ1) is 5.65. The quantitative estimate of drug-likeness (QED) is 0.686. The van der Waals surface area contributed by atoms with Gasteiger partial charge in [0, 0.05) is 10.6 Å². The zero-order valence-electron chi connectivity index (χ0n) is 7.76. The minimum atomic E-state index is -0.810. The van der Waals surface area contributed by atoms with Crippen LogP contribution in [0, 0.1) is 13.8 Å². The lowest BCUT2D eigenvalue weighted by Crippen LogP contribution is -1.96. The summed E-state index contributed by atoms with van der Waals surface area (Å²) in [5.74, 6) is 0.698. The summed E-state index contributed by atoms with van der Waals surface area (Å²) in [6.45, 7) is 6.00. The van der Waals surface area contributed by atoms with Crippen LogP contribution in [0.3, 0.4) is 0 Å². The van der Waals surface area contributed by atoms with Gasteiger partial charge in [0.1, 0.15) is 0 Å². The fraction of sp³-hybridized carbons (Fsp3) is 0.400. The van der Waals surface area contributed by atoms with Gasteiger partial charge in [-0.1, -0.05) is 24.6 Å². The minimum Gasteiger partial charge on any atom is -0.254 e. The standard InChI is InChI=1S/C10H14OS/c1-4-12(11)10-6-5-8(2)7-9(10)3/h5-7H,4H2,1-3H3. The molecule has 0 fully saturated rings. The van der Waals surface area contributed by atoms with Crippen molar-refractivity contribution in [1.29, 1.82) is 0 Å². The van der Waals surface area contributed by atoms with Gasteiger partial charge in [-0.2, -0.15) is 0 Å². The topological polar surface area (TPSA) is 17.1 Å². The Balaban J connectivity index is 3.09. The third-order valence-corrected chi connectivity index (χ3v) is 3.31. The van der Waals surface area contributed by atoms with Crippen LogP contribution in [0.15, 0.2) is 23.1 Å². The average Bonchev–Trinajstić information content (AvgIpc) is 2.03. The molecular formula is C10H14OS. The first kappa shape index (κ1) is 9.46. The van der Waals surface area contributed by atoms with Gasteiger partial charge < -0.3 is 0 Å². The van der Waals surface area contributed by atoms with Gasteiger partial charge in [0.05, 0.1) is 10.8 Å². The molecule has 2 heteroatoms. The van der Waals surface area contributed by atoms with E-state index in [0.717, 1.165) is 10.5 Å². The van der Waals surface area contributed by atoms with Gasteiger partial charge in [0.15, 0.2) is 0 Å². The van der Waals surface area contributed by atoms with Crippen LogP contribution in [0.2, 0.25) is 0 Å². The van der Waals surface area contributed by atoms with Gasteiger partial charge in [-0.25, -0.2) is 0 Å². The molecule has 1 aromatic rings. The lowest BCUT2D eigenvalue weighted by molar-refractivity contribution is 0.683. The van der Waals surface area contributed by atoms with Crippen LogP contribution in [-0.2, 0) is 10.8 Å². The van der Waals surface area contributed by atoms with E-state index in [2.05, 4.69) is 6.07 Å². The summed E-state index contributed by atoms with van der Waals surface area (Å²) >= 11 is 0. The van der Waals surface area contributed by atoms with Crippen LogP contribution in [0.25, 0.3) is 0 Å². The van der Waals surface area contributed by atoms with Gasteiger partial charge in [-0.05, 0) is 25.5 Å². The Morgan fingerprint density at radius 3 is 2.50 bits per heavy atom. The van der Waals surface area contributed by atoms with E-state index in [4.69, 9.17) is 0 Å². The number of aryl methyl sites for hydroxylation is 2. The van der Waals surface area contributed by atoms with Crippen LogP contribution in [0.1, 0.15) is 18.1 Å². The van der Waals surface area contributed by atoms with Crippen LogP contribution in [0.5, 0.6) is 0 Å². The molecule has 0 bridgehead atoms. The maximum absolute atomic E-state index is 11.5. The van der Waals surface area contributed by atoms with Gasteiger partial charge in [-0.3, -0.25) is 4.21 Å². The highest BCUT2D eigenvalue weighted by Crippen LogP contribution is 2.14. The molecule has 0 heterocycles. The third-order valence-electron chi connectivity index (χ3n) is 1.84. The second kappa shape index (κ2) is 3.85. The van der Waals surface area contributed by atoms with Crippen molar-refractivity contribution in [2.24, 2.45) is 0 Å². The molecule has 0 aliphatic carbocycles. The molecule has 1 atom stereocenters. The SMILES string of the molecule is CCS(=O)c1ccc(C)cc1C. The largest absolute Gasteiger partial charge is 0.254 e. The second-order valence-electron chi connectivity index (χ2n) is 2.90. The van der Waals surface area contributed by atoms with Crippen molar-refractivity contribution < 1.29 is 4.21 Å². The lowest BCUT2D eigenvalue weighted by atomic mass is 10.2. The molecule has 0 aliphatic rings. The Morgan fingerprint density at radius 1 is 1.33 bits per heavy atom. The van der Waals surface area contributed by atoms with E-state index < -0.39 is 10.8 Å². The Morgan fingerprint density at radius 2 is 2.00 bits per heavy atom. The zero-order chi connectivity index (χ0) is 9.14. The van der Waals surface area contributed by atoms with E-state index in [1.807, 2.05) is 32.9 Å². The monoisotopic (exact) mass is 182 g/mol. The van der Waals surface area contributed by atoms with Crippen molar-refractivity contribution in [1.82, 2.24) is 0 Å². The molecule has 1 rings (SSSR count). The van der Waals surface area contributed by atoms with Crippen LogP contribution < -0.4 is 0 Å². The second-order valence-corrected chi connectivity index (χ2v) is 4.61. The van der Waals surface area contributed by atoms with E-state index in [1.54, 1.807) is 0 Å². The molecule has 12 heavy (non-hydrogen) atoms. The molecule has 1 unspecified atom stereocenters. The predicted molar refractivity (Wildman–Crippen MR) is 52.9 cm³/mol. The summed E-state index contributed by atoms with van der Waals surface area (Å²) < 4.78 is 11.5. The van der Waals surface area contributed by atoms with Gasteiger partial charge in [-0.15, -0.1) is 0 Å². The van der Waals surface area contributed by atoms with Crippen molar-refractivity contribution >= 4 is 10.8 Å². The van der Waals surface area contributed by atoms with E-state index in [9.17, 15) is 4.21 Å². The summed E-state index contributed by atoms with van der Waals surface area (Å²) in [4.78, 5) is 0.975. The average molecular weight is 182 g/mol. The molecule has 0 aromatic heterocycles. The first-order valence-electron chi connectivity index (χ1n) is 4.10. The Bertz CT molecular complexity index is 305. The molecule has 0 aliphatic heterocycles. The molecule has 1 nitrogen and oxygen atoms in total. The number of benzene rings is 1. The number of rotatable bonds is 2. The first-order valence-corrected chi connectivity index (χ1v) is 5.42. The Kier molecular flexibility index (Phi) is 3.04. The molecule has 66 valence electrons. The minimum absolute atomic E-state index is 0.698. The fourth-order valence-electron chi connectivity index (χ4n) is 1.21. The summed E-state index contributed by atoms with van der Waals surface area (Å²) in [6, 6.07) is 6.04.